The summed E-state index contributed by atoms with van der Waals surface area (Å²) in [7, 11) is 1.15. The van der Waals surface area contributed by atoms with Crippen LogP contribution >= 0.6 is 23.2 Å². The third-order valence-electron chi connectivity index (χ3n) is 3.45. The first-order valence-corrected chi connectivity index (χ1v) is 7.67. The van der Waals surface area contributed by atoms with E-state index in [0.29, 0.717) is 0 Å². The Morgan fingerprint density at radius 3 is 2.64 bits per heavy atom. The van der Waals surface area contributed by atoms with E-state index in [9.17, 15) is 19.7 Å². The fourth-order valence-corrected chi connectivity index (χ4v) is 2.59. The van der Waals surface area contributed by atoms with Gasteiger partial charge in [0, 0.05) is 12.6 Å². The molecule has 0 spiro atoms. The fraction of sp³-hybridized carbons (Fsp3) is 0.286. The van der Waals surface area contributed by atoms with Crippen LogP contribution in [0.15, 0.2) is 23.4 Å². The second-order valence-corrected chi connectivity index (χ2v) is 5.78. The lowest BCUT2D eigenvalue weighted by atomic mass is 10.2. The lowest BCUT2D eigenvalue weighted by Crippen LogP contribution is -2.31. The van der Waals surface area contributed by atoms with E-state index < -0.39 is 22.5 Å². The van der Waals surface area contributed by atoms with Crippen molar-refractivity contribution >= 4 is 46.5 Å². The van der Waals surface area contributed by atoms with Gasteiger partial charge < -0.3 is 20.1 Å². The zero-order chi connectivity index (χ0) is 18.7. The monoisotopic (exact) mass is 389 g/mol. The van der Waals surface area contributed by atoms with Crippen LogP contribution in [0.25, 0.3) is 0 Å². The number of benzene rings is 1. The van der Waals surface area contributed by atoms with E-state index in [0.717, 1.165) is 13.2 Å². The van der Waals surface area contributed by atoms with Crippen LogP contribution in [-0.4, -0.2) is 53.6 Å². The number of halogens is 2. The highest BCUT2D eigenvalue weighted by atomic mass is 35.5. The fourth-order valence-electron chi connectivity index (χ4n) is 2.27. The molecule has 2 N–H and O–H groups in total. The number of amides is 1. The third kappa shape index (κ3) is 3.84. The number of β-amino-alcohol motifs (C(OH)–C–C–N with tert-alkyl or cyclic N) is 1. The molecule has 0 atom stereocenters. The summed E-state index contributed by atoms with van der Waals surface area (Å²) in [6.45, 7) is -0.405. The second-order valence-electron chi connectivity index (χ2n) is 4.96. The van der Waals surface area contributed by atoms with Gasteiger partial charge in [0.05, 0.1) is 40.8 Å². The molecule has 0 aliphatic carbocycles. The van der Waals surface area contributed by atoms with Crippen molar-refractivity contribution < 1.29 is 24.4 Å². The predicted octanol–water partition coefficient (Wildman–Crippen LogP) is 1.58. The molecule has 1 aromatic carbocycles. The van der Waals surface area contributed by atoms with Gasteiger partial charge in [-0.25, -0.2) is 4.79 Å². The number of carbonyl (C=O) groups is 2. The number of nitrogens with zero attached hydrogens (tertiary/aromatic N) is 2. The molecule has 11 heteroatoms. The summed E-state index contributed by atoms with van der Waals surface area (Å²) >= 11 is 11.7. The zero-order valence-corrected chi connectivity index (χ0v) is 14.4. The van der Waals surface area contributed by atoms with Crippen LogP contribution in [0.1, 0.15) is 0 Å². The number of hydrogen-bond acceptors (Lipinski definition) is 7. The number of nitrogens with one attached hydrogen (secondary N) is 1. The van der Waals surface area contributed by atoms with Gasteiger partial charge in [0.1, 0.15) is 11.4 Å². The Kier molecular flexibility index (Phi) is 5.83. The Morgan fingerprint density at radius 1 is 1.44 bits per heavy atom. The normalized spacial score (nSPS) is 14.1. The first-order valence-electron chi connectivity index (χ1n) is 6.92. The molecule has 1 heterocycles. The number of methoxy groups -OCH3 is 1. The Labute approximate surface area is 151 Å². The van der Waals surface area contributed by atoms with Gasteiger partial charge in [-0.15, -0.1) is 0 Å². The van der Waals surface area contributed by atoms with Crippen LogP contribution in [0, 0.1) is 10.1 Å². The van der Waals surface area contributed by atoms with Gasteiger partial charge in [0.25, 0.3) is 11.6 Å². The molecule has 1 aliphatic heterocycles. The number of nitro benzene ring substituents is 1. The highest BCUT2D eigenvalue weighted by Crippen LogP contribution is 2.35. The van der Waals surface area contributed by atoms with Crippen LogP contribution in [0.5, 0.6) is 0 Å². The van der Waals surface area contributed by atoms with Gasteiger partial charge in [-0.2, -0.15) is 0 Å². The van der Waals surface area contributed by atoms with Gasteiger partial charge in [-0.1, -0.05) is 23.2 Å². The molecule has 0 bridgehead atoms. The molecule has 2 rings (SSSR count). The summed E-state index contributed by atoms with van der Waals surface area (Å²) in [5.41, 5.74) is -0.711. The van der Waals surface area contributed by atoms with Crippen molar-refractivity contribution in [2.75, 3.05) is 32.1 Å². The molecule has 1 aliphatic rings. The smallest absolute Gasteiger partial charge is 0.337 e. The van der Waals surface area contributed by atoms with Crippen LogP contribution in [0.4, 0.5) is 11.4 Å². The molecule has 0 unspecified atom stereocenters. The summed E-state index contributed by atoms with van der Waals surface area (Å²) in [5.74, 6) is -1.37. The second kappa shape index (κ2) is 7.68. The summed E-state index contributed by atoms with van der Waals surface area (Å²) in [6.07, 6.45) is 0. The van der Waals surface area contributed by atoms with Crippen molar-refractivity contribution in [1.29, 1.82) is 0 Å². The van der Waals surface area contributed by atoms with Crippen LogP contribution in [0.3, 0.4) is 0 Å². The minimum atomic E-state index is -0.765. The van der Waals surface area contributed by atoms with Gasteiger partial charge in [0.2, 0.25) is 0 Å². The Balaban J connectivity index is 2.48. The average Bonchev–Trinajstić information content (AvgIpc) is 2.87. The number of ether oxygens (including phenoxy) is 1. The predicted molar refractivity (Wildman–Crippen MR) is 89.4 cm³/mol. The quantitative estimate of drug-likeness (QED) is 0.430. The molecule has 1 aromatic rings. The van der Waals surface area contributed by atoms with E-state index in [1.807, 2.05) is 0 Å². The van der Waals surface area contributed by atoms with Crippen molar-refractivity contribution in [2.45, 2.75) is 0 Å². The first kappa shape index (κ1) is 19.0. The maximum Gasteiger partial charge on any atom is 0.337 e. The molecular formula is C14H13Cl2N3O6. The number of esters is 1. The number of anilines is 1. The maximum atomic E-state index is 12.4. The van der Waals surface area contributed by atoms with E-state index in [1.165, 1.54) is 11.0 Å². The van der Waals surface area contributed by atoms with Gasteiger partial charge in [-0.3, -0.25) is 14.9 Å². The molecule has 1 amide bonds. The molecule has 0 aromatic heterocycles. The van der Waals surface area contributed by atoms with Crippen molar-refractivity contribution in [3.63, 3.8) is 0 Å². The van der Waals surface area contributed by atoms with Crippen molar-refractivity contribution in [1.82, 2.24) is 4.90 Å². The minimum Gasteiger partial charge on any atom is -0.466 e. The van der Waals surface area contributed by atoms with E-state index in [1.54, 1.807) is 0 Å². The topological polar surface area (TPSA) is 122 Å². The van der Waals surface area contributed by atoms with Crippen molar-refractivity contribution in [3.05, 3.63) is 43.6 Å². The molecular weight excluding hydrogens is 377 g/mol. The van der Waals surface area contributed by atoms with Gasteiger partial charge in [-0.05, 0) is 6.07 Å². The van der Waals surface area contributed by atoms with Crippen LogP contribution in [0.2, 0.25) is 10.0 Å². The largest absolute Gasteiger partial charge is 0.466 e. The highest BCUT2D eigenvalue weighted by molar-refractivity contribution is 6.42. The van der Waals surface area contributed by atoms with Crippen molar-refractivity contribution in [3.8, 4) is 0 Å². The number of aliphatic hydroxyl groups is 1. The molecule has 0 saturated heterocycles. The lowest BCUT2D eigenvalue weighted by molar-refractivity contribution is -0.383. The summed E-state index contributed by atoms with van der Waals surface area (Å²) in [6, 6.07) is 2.22. The van der Waals surface area contributed by atoms with Crippen LogP contribution in [-0.2, 0) is 14.3 Å². The molecule has 0 fully saturated rings. The number of carbonyl (C=O) groups excluding carboxylic acids is 2. The summed E-state index contributed by atoms with van der Waals surface area (Å²) in [5, 5.41) is 22.8. The van der Waals surface area contributed by atoms with E-state index in [-0.39, 0.29) is 46.7 Å². The zero-order valence-electron chi connectivity index (χ0n) is 12.9. The standard InChI is InChI=1S/C14H13Cl2N3O6/c1-25-14(22)7-6-18(2-3-20)13(21)12(7)17-10-4-8(15)9(16)5-11(10)19(23)24/h4-5,17,20H,2-3,6H2,1H3. The first-order chi connectivity index (χ1) is 11.8. The van der Waals surface area contributed by atoms with E-state index >= 15 is 0 Å². The van der Waals surface area contributed by atoms with E-state index in [4.69, 9.17) is 28.3 Å². The summed E-state index contributed by atoms with van der Waals surface area (Å²) < 4.78 is 4.64. The SMILES string of the molecule is COC(=O)C1=C(Nc2cc(Cl)c(Cl)cc2[N+](=O)[O-])C(=O)N(CCO)C1. The number of hydrogen-bond donors (Lipinski definition) is 2. The Bertz CT molecular complexity index is 780. The molecule has 134 valence electrons. The van der Waals surface area contributed by atoms with E-state index in [2.05, 4.69) is 10.1 Å². The Hall–Kier alpha value is -2.36. The number of aliphatic hydroxyl groups excluding tert-OH is 1. The third-order valence-corrected chi connectivity index (χ3v) is 4.17. The molecule has 9 nitrogen and oxygen atoms in total. The number of rotatable bonds is 6. The highest BCUT2D eigenvalue weighted by Gasteiger charge is 2.35. The molecule has 25 heavy (non-hydrogen) atoms. The molecule has 0 saturated carbocycles. The average molecular weight is 390 g/mol. The van der Waals surface area contributed by atoms with Crippen LogP contribution < -0.4 is 5.32 Å². The van der Waals surface area contributed by atoms with Crippen molar-refractivity contribution in [2.24, 2.45) is 0 Å². The van der Waals surface area contributed by atoms with Gasteiger partial charge >= 0.3 is 5.97 Å². The summed E-state index contributed by atoms with van der Waals surface area (Å²) in [4.78, 5) is 36.0. The lowest BCUT2D eigenvalue weighted by Gasteiger charge is -2.15. The Morgan fingerprint density at radius 2 is 2.08 bits per heavy atom. The minimum absolute atomic E-state index is 0.00598. The van der Waals surface area contributed by atoms with Gasteiger partial charge in [0.15, 0.2) is 0 Å². The molecule has 0 radical (unpaired) electrons. The maximum absolute atomic E-state index is 12.4. The number of nitro groups is 1.